The van der Waals surface area contributed by atoms with Gasteiger partial charge >= 0.3 is 23.9 Å². The van der Waals surface area contributed by atoms with Crippen LogP contribution in [0.2, 0.25) is 0 Å². The Kier molecular flexibility index (Phi) is 44.9. The van der Waals surface area contributed by atoms with E-state index in [1.54, 1.807) is 0 Å². The molecule has 0 rings (SSSR count). The van der Waals surface area contributed by atoms with Crippen LogP contribution in [0.3, 0.4) is 0 Å². The summed E-state index contributed by atoms with van der Waals surface area (Å²) in [7, 11) is -9.59. The van der Waals surface area contributed by atoms with Gasteiger partial charge in [-0.15, -0.1) is 0 Å². The highest BCUT2D eigenvalue weighted by Crippen LogP contribution is 2.13. The van der Waals surface area contributed by atoms with E-state index in [-0.39, 0.29) is 19.4 Å². The molecule has 8 N–H and O–H groups in total. The van der Waals surface area contributed by atoms with E-state index in [9.17, 15) is 40.6 Å². The van der Waals surface area contributed by atoms with Crippen molar-refractivity contribution in [3.05, 3.63) is 0 Å². The molecule has 0 spiro atoms. The van der Waals surface area contributed by atoms with Crippen LogP contribution in [0.4, 0.5) is 0 Å². The SMILES string of the molecule is CC(C)CCCCCCOC(=O)CC(C(=O)OCCCCCCC(C)C)S(=O)(=O)O.CCCCCCCCNCCCCCCCC.N.O=C(O)CC(C(=O)O)S(=O)(=O)O. The van der Waals surface area contributed by atoms with E-state index in [0.717, 1.165) is 51.4 Å². The van der Waals surface area contributed by atoms with Gasteiger partial charge in [0.1, 0.15) is 0 Å². The predicted octanol–water partition coefficient (Wildman–Crippen LogP) is 9.19. The fraction of sp³-hybridized carbons (Fsp3) is 0.905. The highest BCUT2D eigenvalue weighted by molar-refractivity contribution is 7.87. The van der Waals surface area contributed by atoms with Gasteiger partial charge in [0.15, 0.2) is 10.5 Å². The minimum absolute atomic E-state index is 0. The second-order valence-corrected chi connectivity index (χ2v) is 19.2. The molecular weight excluding hydrogens is 821 g/mol. The first kappa shape index (κ1) is 64.2. The third-order valence-electron chi connectivity index (χ3n) is 9.24. The van der Waals surface area contributed by atoms with Crippen LogP contribution < -0.4 is 11.5 Å². The molecule has 60 heavy (non-hydrogen) atoms. The first-order valence-corrected chi connectivity index (χ1v) is 25.1. The van der Waals surface area contributed by atoms with Gasteiger partial charge in [0.05, 0.1) is 26.1 Å². The molecule has 0 aromatic carbocycles. The number of rotatable bonds is 36. The van der Waals surface area contributed by atoms with E-state index >= 15 is 0 Å². The number of aliphatic carboxylic acids is 2. The molecule has 2 unspecified atom stereocenters. The summed E-state index contributed by atoms with van der Waals surface area (Å²) in [6.07, 6.45) is 24.7. The summed E-state index contributed by atoms with van der Waals surface area (Å²) >= 11 is 0. The Balaban J connectivity index is -0.000000439. The summed E-state index contributed by atoms with van der Waals surface area (Å²) in [5.41, 5.74) is 0. The third-order valence-corrected chi connectivity index (χ3v) is 11.4. The van der Waals surface area contributed by atoms with Gasteiger partial charge in [0.2, 0.25) is 0 Å². The zero-order valence-corrected chi connectivity index (χ0v) is 39.6. The van der Waals surface area contributed by atoms with Crippen molar-refractivity contribution in [2.45, 2.75) is 206 Å². The highest BCUT2D eigenvalue weighted by atomic mass is 32.2. The Hall–Kier alpha value is -2.38. The van der Waals surface area contributed by atoms with Crippen molar-refractivity contribution in [1.82, 2.24) is 11.5 Å². The molecule has 0 fully saturated rings. The van der Waals surface area contributed by atoms with Crippen molar-refractivity contribution in [2.75, 3.05) is 26.3 Å². The number of ether oxygens (including phenoxy) is 2. The largest absolute Gasteiger partial charge is 0.481 e. The van der Waals surface area contributed by atoms with E-state index in [1.165, 1.54) is 90.1 Å². The number of hydrogen-bond donors (Lipinski definition) is 6. The van der Waals surface area contributed by atoms with Gasteiger partial charge in [0.25, 0.3) is 20.2 Å². The lowest BCUT2D eigenvalue weighted by Crippen LogP contribution is -2.34. The fourth-order valence-corrected chi connectivity index (χ4v) is 6.92. The summed E-state index contributed by atoms with van der Waals surface area (Å²) in [5.74, 6) is -4.11. The maximum absolute atomic E-state index is 12.0. The summed E-state index contributed by atoms with van der Waals surface area (Å²) in [6.45, 7) is 15.9. The summed E-state index contributed by atoms with van der Waals surface area (Å²) < 4.78 is 70.9. The Morgan fingerprint density at radius 3 is 1.23 bits per heavy atom. The van der Waals surface area contributed by atoms with Gasteiger partial charge in [-0.05, 0) is 50.6 Å². The van der Waals surface area contributed by atoms with Crippen molar-refractivity contribution < 1.29 is 64.8 Å². The van der Waals surface area contributed by atoms with Gasteiger partial charge in [-0.3, -0.25) is 28.3 Å². The molecule has 18 heteroatoms. The van der Waals surface area contributed by atoms with Crippen molar-refractivity contribution in [1.29, 1.82) is 0 Å². The second-order valence-electron chi connectivity index (χ2n) is 16.0. The van der Waals surface area contributed by atoms with Crippen LogP contribution in [0.25, 0.3) is 0 Å². The molecule has 0 bridgehead atoms. The van der Waals surface area contributed by atoms with Gasteiger partial charge in [-0.1, -0.05) is 157 Å². The minimum atomic E-state index is -4.84. The fourth-order valence-electron chi connectivity index (χ4n) is 5.65. The molecule has 0 aliphatic rings. The Morgan fingerprint density at radius 2 is 0.883 bits per heavy atom. The summed E-state index contributed by atoms with van der Waals surface area (Å²) in [4.78, 5) is 43.9. The number of unbranched alkanes of at least 4 members (excludes halogenated alkanes) is 16. The minimum Gasteiger partial charge on any atom is -0.481 e. The monoisotopic (exact) mass is 907 g/mol. The standard InChI is InChI=1S/C22H42O7S.C16H35N.C4H6O7S.H3N/c1-18(2)13-9-5-7-11-15-28-21(23)17-20(30(25,26)27)22(24)29-16-12-8-6-10-14-19(3)4;1-3-5-7-9-11-13-15-17-16-14-12-10-8-6-4-2;5-3(6)1-2(4(7)8)12(9,10)11;/h18-20H,5-17H2,1-4H3,(H,25,26,27);17H,3-16H2,1-2H3;2H,1H2,(H,5,6)(H,7,8)(H,9,10,11);1H3. The van der Waals surface area contributed by atoms with Crippen LogP contribution in [-0.2, 0) is 48.9 Å². The predicted molar refractivity (Wildman–Crippen MR) is 238 cm³/mol. The van der Waals surface area contributed by atoms with E-state index in [2.05, 4.69) is 46.9 Å². The lowest BCUT2D eigenvalue weighted by atomic mass is 10.0. The molecule has 0 aliphatic heterocycles. The number of carbonyl (C=O) groups excluding carboxylic acids is 2. The van der Waals surface area contributed by atoms with E-state index < -0.39 is 67.5 Å². The molecule has 2 atom stereocenters. The van der Waals surface area contributed by atoms with Crippen LogP contribution in [0.15, 0.2) is 0 Å². The molecular formula is C42H86N2O14S2. The molecule has 0 aromatic heterocycles. The maximum atomic E-state index is 12.0. The molecule has 16 nitrogen and oxygen atoms in total. The molecule has 0 amide bonds. The summed E-state index contributed by atoms with van der Waals surface area (Å²) in [5, 5.41) is 15.6. The van der Waals surface area contributed by atoms with Crippen LogP contribution in [0.5, 0.6) is 0 Å². The molecule has 0 radical (unpaired) electrons. The van der Waals surface area contributed by atoms with E-state index in [4.69, 9.17) is 24.2 Å². The quantitative estimate of drug-likeness (QED) is 0.0194. The van der Waals surface area contributed by atoms with Gasteiger partial charge < -0.3 is 31.2 Å². The number of carboxylic acids is 2. The van der Waals surface area contributed by atoms with Crippen LogP contribution in [0, 0.1) is 11.8 Å². The Labute approximate surface area is 363 Å². The Morgan fingerprint density at radius 1 is 0.517 bits per heavy atom. The highest BCUT2D eigenvalue weighted by Gasteiger charge is 2.35. The maximum Gasteiger partial charge on any atom is 0.327 e. The zero-order chi connectivity index (χ0) is 45.5. The van der Waals surface area contributed by atoms with Gasteiger partial charge in [-0.25, -0.2) is 0 Å². The van der Waals surface area contributed by atoms with Gasteiger partial charge in [-0.2, -0.15) is 16.8 Å². The van der Waals surface area contributed by atoms with Crippen molar-refractivity contribution in [2.24, 2.45) is 11.8 Å². The van der Waals surface area contributed by atoms with E-state index in [0.29, 0.717) is 24.7 Å². The normalized spacial score (nSPS) is 12.3. The zero-order valence-electron chi connectivity index (χ0n) is 38.0. The summed E-state index contributed by atoms with van der Waals surface area (Å²) in [6, 6.07) is 0. The molecule has 0 aromatic rings. The molecule has 0 saturated heterocycles. The van der Waals surface area contributed by atoms with Crippen molar-refractivity contribution in [3.63, 3.8) is 0 Å². The average molecular weight is 907 g/mol. The number of carboxylic acid groups (broad SMARTS) is 2. The molecule has 0 aliphatic carbocycles. The molecule has 0 saturated carbocycles. The topological polar surface area (TPSA) is 283 Å². The van der Waals surface area contributed by atoms with Crippen molar-refractivity contribution >= 4 is 44.1 Å². The third kappa shape index (κ3) is 46.7. The lowest BCUT2D eigenvalue weighted by molar-refractivity contribution is -0.150. The second kappa shape index (κ2) is 41.9. The van der Waals surface area contributed by atoms with Gasteiger partial charge in [0, 0.05) is 0 Å². The van der Waals surface area contributed by atoms with Crippen LogP contribution in [-0.4, -0.2) is 96.8 Å². The van der Waals surface area contributed by atoms with Crippen LogP contribution >= 0.6 is 0 Å². The Bertz CT molecular complexity index is 1270. The molecule has 0 heterocycles. The lowest BCUT2D eigenvalue weighted by Gasteiger charge is -2.13. The number of nitrogens with one attached hydrogen (secondary N) is 1. The number of esters is 2. The van der Waals surface area contributed by atoms with E-state index in [1.807, 2.05) is 0 Å². The number of carbonyl (C=O) groups is 4. The number of hydrogen-bond acceptors (Lipinski definition) is 12. The smallest absolute Gasteiger partial charge is 0.327 e. The van der Waals surface area contributed by atoms with Crippen LogP contribution in [0.1, 0.15) is 196 Å². The van der Waals surface area contributed by atoms with Crippen molar-refractivity contribution in [3.8, 4) is 0 Å². The molecule has 360 valence electrons. The first-order valence-electron chi connectivity index (χ1n) is 22.1. The first-order chi connectivity index (χ1) is 27.7. The average Bonchev–Trinajstić information content (AvgIpc) is 3.13.